The summed E-state index contributed by atoms with van der Waals surface area (Å²) >= 11 is 0. The molecule has 1 amide bonds. The van der Waals surface area contributed by atoms with Crippen LogP contribution in [0.3, 0.4) is 0 Å². The van der Waals surface area contributed by atoms with E-state index in [4.69, 9.17) is 0 Å². The lowest BCUT2D eigenvalue weighted by molar-refractivity contribution is 0.102. The van der Waals surface area contributed by atoms with Crippen LogP contribution in [-0.4, -0.2) is 49.8 Å². The molecule has 0 radical (unpaired) electrons. The maximum absolute atomic E-state index is 13.4. The number of carbonyl (C=O) groups excluding carboxylic acids is 1. The normalized spacial score (nSPS) is 14.6. The second-order valence-corrected chi connectivity index (χ2v) is 10.1. The van der Waals surface area contributed by atoms with E-state index in [0.29, 0.717) is 24.3 Å². The van der Waals surface area contributed by atoms with Gasteiger partial charge in [0.2, 0.25) is 10.0 Å². The van der Waals surface area contributed by atoms with Crippen molar-refractivity contribution in [2.24, 2.45) is 0 Å². The topological polar surface area (TPSA) is 82.6 Å². The summed E-state index contributed by atoms with van der Waals surface area (Å²) in [4.78, 5) is 20.1. The second-order valence-electron chi connectivity index (χ2n) is 8.15. The summed E-state index contributed by atoms with van der Waals surface area (Å²) in [5.74, 6) is -0.288. The summed E-state index contributed by atoms with van der Waals surface area (Å²) in [6.07, 6.45) is 5.01. The van der Waals surface area contributed by atoms with Crippen LogP contribution in [0.25, 0.3) is 10.9 Å². The molecule has 0 atom stereocenters. The zero-order valence-electron chi connectivity index (χ0n) is 19.1. The number of hydrogen-bond acceptors (Lipinski definition) is 5. The zero-order valence-corrected chi connectivity index (χ0v) is 19.9. The van der Waals surface area contributed by atoms with Gasteiger partial charge in [-0.15, -0.1) is 0 Å². The first-order valence-corrected chi connectivity index (χ1v) is 12.9. The van der Waals surface area contributed by atoms with Gasteiger partial charge in [-0.3, -0.25) is 9.78 Å². The Kier molecular flexibility index (Phi) is 6.95. The van der Waals surface area contributed by atoms with Crippen molar-refractivity contribution in [2.75, 3.05) is 36.4 Å². The van der Waals surface area contributed by atoms with Crippen molar-refractivity contribution in [2.45, 2.75) is 38.0 Å². The van der Waals surface area contributed by atoms with E-state index in [2.05, 4.69) is 15.2 Å². The number of benzene rings is 2. The number of nitrogens with zero attached hydrogens (tertiary/aromatic N) is 3. The first-order chi connectivity index (χ1) is 16.0. The SMILES string of the molecule is CCN(CC)S(=O)(=O)c1ccc(N2CCCCC2)c(NC(=O)c2cccc3ncccc23)c1. The number of sulfonamides is 1. The molecule has 0 spiro atoms. The van der Waals surface area contributed by atoms with Crippen molar-refractivity contribution in [1.29, 1.82) is 0 Å². The predicted octanol–water partition coefficient (Wildman–Crippen LogP) is 4.51. The molecular formula is C25H30N4O3S. The van der Waals surface area contributed by atoms with Gasteiger partial charge in [0.15, 0.2) is 0 Å². The van der Waals surface area contributed by atoms with Crippen LogP contribution in [0.5, 0.6) is 0 Å². The maximum atomic E-state index is 13.4. The fraction of sp³-hybridized carbons (Fsp3) is 0.360. The Bertz CT molecular complexity index is 1240. The molecule has 0 bridgehead atoms. The highest BCUT2D eigenvalue weighted by atomic mass is 32.2. The molecule has 0 saturated carbocycles. The summed E-state index contributed by atoms with van der Waals surface area (Å²) in [5.41, 5.74) is 2.59. The molecular weight excluding hydrogens is 436 g/mol. The van der Waals surface area contributed by atoms with E-state index in [1.807, 2.05) is 32.0 Å². The molecule has 1 aliphatic rings. The summed E-state index contributed by atoms with van der Waals surface area (Å²) in [6.45, 7) is 6.17. The number of hydrogen-bond donors (Lipinski definition) is 1. The van der Waals surface area contributed by atoms with Crippen molar-refractivity contribution in [3.63, 3.8) is 0 Å². The van der Waals surface area contributed by atoms with Crippen molar-refractivity contribution < 1.29 is 13.2 Å². The quantitative estimate of drug-likeness (QED) is 0.554. The summed E-state index contributed by atoms with van der Waals surface area (Å²) in [5, 5.41) is 3.77. The number of anilines is 2. The second kappa shape index (κ2) is 9.89. The molecule has 174 valence electrons. The van der Waals surface area contributed by atoms with E-state index in [1.54, 1.807) is 36.5 Å². The third-order valence-corrected chi connectivity index (χ3v) is 8.19. The molecule has 1 aromatic heterocycles. The van der Waals surface area contributed by atoms with E-state index in [9.17, 15) is 13.2 Å². The first kappa shape index (κ1) is 23.2. The van der Waals surface area contributed by atoms with Gasteiger partial charge in [0, 0.05) is 43.3 Å². The molecule has 2 heterocycles. The van der Waals surface area contributed by atoms with Gasteiger partial charge in [0.05, 0.1) is 21.8 Å². The molecule has 1 saturated heterocycles. The van der Waals surface area contributed by atoms with E-state index < -0.39 is 10.0 Å². The fourth-order valence-corrected chi connectivity index (χ4v) is 5.87. The number of aromatic nitrogens is 1. The number of carbonyl (C=O) groups is 1. The van der Waals surface area contributed by atoms with Crippen molar-refractivity contribution in [3.8, 4) is 0 Å². The molecule has 0 aliphatic carbocycles. The van der Waals surface area contributed by atoms with Gasteiger partial charge in [-0.2, -0.15) is 4.31 Å². The van der Waals surface area contributed by atoms with Gasteiger partial charge in [-0.25, -0.2) is 8.42 Å². The van der Waals surface area contributed by atoms with Crippen LogP contribution in [0.2, 0.25) is 0 Å². The molecule has 1 fully saturated rings. The van der Waals surface area contributed by atoms with E-state index in [0.717, 1.165) is 42.5 Å². The molecule has 33 heavy (non-hydrogen) atoms. The highest BCUT2D eigenvalue weighted by Gasteiger charge is 2.25. The molecule has 8 heteroatoms. The van der Waals surface area contributed by atoms with E-state index in [1.165, 1.54) is 10.7 Å². The van der Waals surface area contributed by atoms with Crippen LogP contribution < -0.4 is 10.2 Å². The highest BCUT2D eigenvalue weighted by Crippen LogP contribution is 2.33. The standard InChI is InChI=1S/C25H30N4O3S/c1-3-29(4-2)33(31,32)19-13-14-24(28-16-6-5-7-17-28)23(18-19)27-25(30)21-10-8-12-22-20(21)11-9-15-26-22/h8-15,18H,3-7,16-17H2,1-2H3,(H,27,30). The van der Waals surface area contributed by atoms with Crippen LogP contribution in [-0.2, 0) is 10.0 Å². The average Bonchev–Trinajstić information content (AvgIpc) is 2.84. The van der Waals surface area contributed by atoms with Crippen molar-refractivity contribution in [3.05, 3.63) is 60.3 Å². The average molecular weight is 467 g/mol. The van der Waals surface area contributed by atoms with E-state index in [-0.39, 0.29) is 10.8 Å². The number of amides is 1. The minimum Gasteiger partial charge on any atom is -0.370 e. The lowest BCUT2D eigenvalue weighted by Crippen LogP contribution is -2.32. The lowest BCUT2D eigenvalue weighted by atomic mass is 10.1. The monoisotopic (exact) mass is 466 g/mol. The van der Waals surface area contributed by atoms with Gasteiger partial charge in [0.25, 0.3) is 5.91 Å². The Morgan fingerprint density at radius 2 is 1.79 bits per heavy atom. The molecule has 4 rings (SSSR count). The Morgan fingerprint density at radius 3 is 2.52 bits per heavy atom. The van der Waals surface area contributed by atoms with Crippen LogP contribution in [0, 0.1) is 0 Å². The molecule has 7 nitrogen and oxygen atoms in total. The van der Waals surface area contributed by atoms with Gasteiger partial charge < -0.3 is 10.2 Å². The highest BCUT2D eigenvalue weighted by molar-refractivity contribution is 7.89. The first-order valence-electron chi connectivity index (χ1n) is 11.5. The zero-order chi connectivity index (χ0) is 23.4. The lowest BCUT2D eigenvalue weighted by Gasteiger charge is -2.31. The summed E-state index contributed by atoms with van der Waals surface area (Å²) in [7, 11) is -3.65. The van der Waals surface area contributed by atoms with Crippen molar-refractivity contribution in [1.82, 2.24) is 9.29 Å². The van der Waals surface area contributed by atoms with Crippen LogP contribution in [0.4, 0.5) is 11.4 Å². The Morgan fingerprint density at radius 1 is 1.03 bits per heavy atom. The third-order valence-electron chi connectivity index (χ3n) is 6.15. The Hall–Kier alpha value is -2.97. The predicted molar refractivity (Wildman–Crippen MR) is 132 cm³/mol. The number of fused-ring (bicyclic) bond motifs is 1. The third kappa shape index (κ3) is 4.72. The van der Waals surface area contributed by atoms with Gasteiger partial charge in [0.1, 0.15) is 0 Å². The van der Waals surface area contributed by atoms with Gasteiger partial charge >= 0.3 is 0 Å². The molecule has 2 aromatic carbocycles. The Labute approximate surface area is 195 Å². The Balaban J connectivity index is 1.76. The number of rotatable bonds is 7. The maximum Gasteiger partial charge on any atom is 0.256 e. The van der Waals surface area contributed by atoms with Crippen molar-refractivity contribution >= 4 is 38.2 Å². The summed E-state index contributed by atoms with van der Waals surface area (Å²) < 4.78 is 27.7. The summed E-state index contributed by atoms with van der Waals surface area (Å²) in [6, 6.07) is 14.2. The fourth-order valence-electron chi connectivity index (χ4n) is 4.39. The minimum atomic E-state index is -3.65. The molecule has 1 aliphatic heterocycles. The molecule has 1 N–H and O–H groups in total. The van der Waals surface area contributed by atoms with Gasteiger partial charge in [-0.1, -0.05) is 26.0 Å². The molecule has 3 aromatic rings. The number of pyridine rings is 1. The largest absolute Gasteiger partial charge is 0.370 e. The van der Waals surface area contributed by atoms with Crippen LogP contribution >= 0.6 is 0 Å². The minimum absolute atomic E-state index is 0.182. The molecule has 0 unspecified atom stereocenters. The van der Waals surface area contributed by atoms with E-state index >= 15 is 0 Å². The number of nitrogens with one attached hydrogen (secondary N) is 1. The van der Waals surface area contributed by atoms with Crippen LogP contribution in [0.15, 0.2) is 59.6 Å². The number of piperidine rings is 1. The van der Waals surface area contributed by atoms with Gasteiger partial charge in [-0.05, 0) is 55.7 Å². The smallest absolute Gasteiger partial charge is 0.256 e. The van der Waals surface area contributed by atoms with Crippen LogP contribution in [0.1, 0.15) is 43.5 Å².